The Morgan fingerprint density at radius 2 is 1.88 bits per heavy atom. The van der Waals surface area contributed by atoms with Crippen LogP contribution in [-0.4, -0.2) is 42.9 Å². The van der Waals surface area contributed by atoms with E-state index in [-0.39, 0.29) is 30.3 Å². The fourth-order valence-corrected chi connectivity index (χ4v) is 4.03. The maximum Gasteiger partial charge on any atom is 0.251 e. The van der Waals surface area contributed by atoms with Gasteiger partial charge in [0.15, 0.2) is 0 Å². The van der Waals surface area contributed by atoms with Crippen LogP contribution in [0.1, 0.15) is 48.0 Å². The molecule has 1 aliphatic carbocycles. The summed E-state index contributed by atoms with van der Waals surface area (Å²) in [5, 5.41) is 6.16. The first-order chi connectivity index (χ1) is 11.6. The maximum absolute atomic E-state index is 12.7. The van der Waals surface area contributed by atoms with Crippen LogP contribution in [-0.2, 0) is 11.3 Å². The molecule has 0 aromatic heterocycles. The highest BCUT2D eigenvalue weighted by molar-refractivity contribution is 5.93. The van der Waals surface area contributed by atoms with Crippen molar-refractivity contribution < 1.29 is 9.59 Å². The number of carbonyl (C=O) groups is 2. The first-order valence-corrected chi connectivity index (χ1v) is 8.90. The molecule has 6 heteroatoms. The van der Waals surface area contributed by atoms with Crippen molar-refractivity contribution in [3.05, 3.63) is 35.4 Å². The summed E-state index contributed by atoms with van der Waals surface area (Å²) in [5.41, 5.74) is 1.67. The Hall–Kier alpha value is -1.59. The van der Waals surface area contributed by atoms with Crippen LogP contribution in [0.3, 0.4) is 0 Å². The minimum absolute atomic E-state index is 0. The molecular formula is C19H28ClN3O2. The topological polar surface area (TPSA) is 61.4 Å². The highest BCUT2D eigenvalue weighted by atomic mass is 35.5. The van der Waals surface area contributed by atoms with Crippen LogP contribution < -0.4 is 10.6 Å². The molecule has 1 heterocycles. The lowest BCUT2D eigenvalue weighted by Gasteiger charge is -2.24. The van der Waals surface area contributed by atoms with Gasteiger partial charge in [-0.2, -0.15) is 0 Å². The summed E-state index contributed by atoms with van der Waals surface area (Å²) in [7, 11) is 3.48. The second-order valence-electron chi connectivity index (χ2n) is 7.08. The molecule has 25 heavy (non-hydrogen) atoms. The van der Waals surface area contributed by atoms with Crippen LogP contribution in [0.2, 0.25) is 0 Å². The van der Waals surface area contributed by atoms with E-state index in [0.29, 0.717) is 24.1 Å². The SMILES string of the molecule is CNC(=O)c1ccc(CN(C)C(=O)C2CC3CCCCC3N2)cc1.Cl. The van der Waals surface area contributed by atoms with Gasteiger partial charge < -0.3 is 15.5 Å². The van der Waals surface area contributed by atoms with Gasteiger partial charge in [-0.3, -0.25) is 9.59 Å². The van der Waals surface area contributed by atoms with Gasteiger partial charge in [0.2, 0.25) is 5.91 Å². The first-order valence-electron chi connectivity index (χ1n) is 8.90. The summed E-state index contributed by atoms with van der Waals surface area (Å²) in [6.45, 7) is 0.570. The monoisotopic (exact) mass is 365 g/mol. The van der Waals surface area contributed by atoms with Gasteiger partial charge in [-0.25, -0.2) is 0 Å². The van der Waals surface area contributed by atoms with Crippen molar-refractivity contribution in [1.29, 1.82) is 0 Å². The van der Waals surface area contributed by atoms with E-state index in [0.717, 1.165) is 12.0 Å². The summed E-state index contributed by atoms with van der Waals surface area (Å²) in [6.07, 6.45) is 6.02. The number of hydrogen-bond acceptors (Lipinski definition) is 3. The Morgan fingerprint density at radius 1 is 1.20 bits per heavy atom. The van der Waals surface area contributed by atoms with Crippen molar-refractivity contribution in [2.45, 2.75) is 50.7 Å². The highest BCUT2D eigenvalue weighted by Gasteiger charge is 2.39. The summed E-state index contributed by atoms with van der Waals surface area (Å²) in [4.78, 5) is 26.1. The summed E-state index contributed by atoms with van der Waals surface area (Å²) >= 11 is 0. The molecule has 0 radical (unpaired) electrons. The number of halogens is 1. The minimum Gasteiger partial charge on any atom is -0.355 e. The van der Waals surface area contributed by atoms with Gasteiger partial charge in [0, 0.05) is 32.2 Å². The Morgan fingerprint density at radius 3 is 2.52 bits per heavy atom. The fraction of sp³-hybridized carbons (Fsp3) is 0.579. The standard InChI is InChI=1S/C19H27N3O2.ClH/c1-20-18(23)14-9-7-13(8-10-14)12-22(2)19(24)17-11-15-5-3-4-6-16(15)21-17;/h7-10,15-17,21H,3-6,11-12H2,1-2H3,(H,20,23);1H. The van der Waals surface area contributed by atoms with Gasteiger partial charge in [0.05, 0.1) is 6.04 Å². The summed E-state index contributed by atoms with van der Waals surface area (Å²) < 4.78 is 0. The molecule has 2 N–H and O–H groups in total. The molecule has 3 unspecified atom stereocenters. The van der Waals surface area contributed by atoms with Crippen LogP contribution in [0.25, 0.3) is 0 Å². The molecule has 3 atom stereocenters. The van der Waals surface area contributed by atoms with Crippen LogP contribution in [0.15, 0.2) is 24.3 Å². The van der Waals surface area contributed by atoms with Crippen molar-refractivity contribution in [2.75, 3.05) is 14.1 Å². The smallest absolute Gasteiger partial charge is 0.251 e. The predicted molar refractivity (Wildman–Crippen MR) is 101 cm³/mol. The van der Waals surface area contributed by atoms with Gasteiger partial charge in [0.25, 0.3) is 5.91 Å². The van der Waals surface area contributed by atoms with E-state index in [1.54, 1.807) is 24.1 Å². The number of rotatable bonds is 4. The molecule has 5 nitrogen and oxygen atoms in total. The third-order valence-electron chi connectivity index (χ3n) is 5.40. The molecular weight excluding hydrogens is 338 g/mol. The summed E-state index contributed by atoms with van der Waals surface area (Å²) in [6, 6.07) is 7.93. The number of amides is 2. The van der Waals surface area contributed by atoms with Gasteiger partial charge >= 0.3 is 0 Å². The molecule has 3 rings (SSSR count). The van der Waals surface area contributed by atoms with Gasteiger partial charge in [-0.15, -0.1) is 12.4 Å². The molecule has 1 aromatic rings. The third-order valence-corrected chi connectivity index (χ3v) is 5.40. The fourth-order valence-electron chi connectivity index (χ4n) is 4.03. The number of nitrogens with zero attached hydrogens (tertiary/aromatic N) is 1. The van der Waals surface area contributed by atoms with Crippen molar-refractivity contribution in [3.63, 3.8) is 0 Å². The second kappa shape index (κ2) is 8.68. The lowest BCUT2D eigenvalue weighted by atomic mass is 9.85. The van der Waals surface area contributed by atoms with Crippen LogP contribution in [0.5, 0.6) is 0 Å². The minimum atomic E-state index is -0.0938. The van der Waals surface area contributed by atoms with E-state index < -0.39 is 0 Å². The van der Waals surface area contributed by atoms with Crippen LogP contribution in [0, 0.1) is 5.92 Å². The van der Waals surface area contributed by atoms with E-state index in [1.807, 2.05) is 19.2 Å². The summed E-state index contributed by atoms with van der Waals surface area (Å²) in [5.74, 6) is 0.761. The van der Waals surface area contributed by atoms with E-state index in [9.17, 15) is 9.59 Å². The van der Waals surface area contributed by atoms with E-state index in [4.69, 9.17) is 0 Å². The number of hydrogen-bond donors (Lipinski definition) is 2. The Balaban J connectivity index is 0.00000225. The van der Waals surface area contributed by atoms with Crippen molar-refractivity contribution in [1.82, 2.24) is 15.5 Å². The lowest BCUT2D eigenvalue weighted by molar-refractivity contribution is -0.132. The van der Waals surface area contributed by atoms with Crippen LogP contribution in [0.4, 0.5) is 0 Å². The van der Waals surface area contributed by atoms with Gasteiger partial charge in [-0.1, -0.05) is 25.0 Å². The van der Waals surface area contributed by atoms with Crippen molar-refractivity contribution in [3.8, 4) is 0 Å². The number of nitrogens with one attached hydrogen (secondary N) is 2. The molecule has 1 saturated heterocycles. The second-order valence-corrected chi connectivity index (χ2v) is 7.08. The molecule has 138 valence electrons. The molecule has 2 amide bonds. The lowest BCUT2D eigenvalue weighted by Crippen LogP contribution is -2.43. The number of likely N-dealkylation sites (N-methyl/N-ethyl adjacent to an activating group) is 1. The zero-order chi connectivity index (χ0) is 17.1. The zero-order valence-electron chi connectivity index (χ0n) is 15.0. The zero-order valence-corrected chi connectivity index (χ0v) is 15.8. The quantitative estimate of drug-likeness (QED) is 0.861. The van der Waals surface area contributed by atoms with E-state index in [1.165, 1.54) is 25.7 Å². The van der Waals surface area contributed by atoms with E-state index >= 15 is 0 Å². The van der Waals surface area contributed by atoms with E-state index in [2.05, 4.69) is 10.6 Å². The Labute approximate surface area is 155 Å². The normalized spacial score (nSPS) is 24.8. The van der Waals surface area contributed by atoms with Crippen LogP contribution >= 0.6 is 12.4 Å². The Kier molecular flexibility index (Phi) is 6.85. The van der Waals surface area contributed by atoms with Gasteiger partial charge in [-0.05, 0) is 42.9 Å². The first kappa shape index (κ1) is 19.7. The maximum atomic E-state index is 12.7. The Bertz CT molecular complexity index is 591. The molecule has 0 bridgehead atoms. The van der Waals surface area contributed by atoms with Crippen molar-refractivity contribution >= 4 is 24.2 Å². The molecule has 2 fully saturated rings. The molecule has 1 saturated carbocycles. The highest BCUT2D eigenvalue weighted by Crippen LogP contribution is 2.33. The average molecular weight is 366 g/mol. The molecule has 1 aromatic carbocycles. The molecule has 0 spiro atoms. The molecule has 2 aliphatic rings. The molecule has 1 aliphatic heterocycles. The third kappa shape index (κ3) is 4.53. The number of fused-ring (bicyclic) bond motifs is 1. The largest absolute Gasteiger partial charge is 0.355 e. The predicted octanol–water partition coefficient (Wildman–Crippen LogP) is 2.35. The number of benzene rings is 1. The van der Waals surface area contributed by atoms with Gasteiger partial charge in [0.1, 0.15) is 0 Å². The number of carbonyl (C=O) groups excluding carboxylic acids is 2. The van der Waals surface area contributed by atoms with Crippen molar-refractivity contribution in [2.24, 2.45) is 5.92 Å². The average Bonchev–Trinajstić information content (AvgIpc) is 3.05.